The van der Waals surface area contributed by atoms with Gasteiger partial charge in [0.25, 0.3) is 5.91 Å². The molecule has 0 aliphatic carbocycles. The van der Waals surface area contributed by atoms with E-state index in [4.69, 9.17) is 4.74 Å². The summed E-state index contributed by atoms with van der Waals surface area (Å²) in [5.74, 6) is 1.10. The molecule has 3 aromatic rings. The first-order valence-corrected chi connectivity index (χ1v) is 8.89. The van der Waals surface area contributed by atoms with E-state index in [9.17, 15) is 4.79 Å². The average molecular weight is 416 g/mol. The minimum Gasteiger partial charge on any atom is -0.486 e. The summed E-state index contributed by atoms with van der Waals surface area (Å²) in [4.78, 5) is 12.3. The van der Waals surface area contributed by atoms with Crippen LogP contribution in [0.25, 0.3) is 0 Å². The Morgan fingerprint density at radius 2 is 1.92 bits per heavy atom. The third-order valence-electron chi connectivity index (χ3n) is 3.66. The molecule has 2 aromatic carbocycles. The van der Waals surface area contributed by atoms with Crippen LogP contribution >= 0.6 is 15.9 Å². The lowest BCUT2D eigenvalue weighted by Gasteiger charge is -2.10. The number of tetrazole rings is 1. The zero-order chi connectivity index (χ0) is 18.5. The number of nitrogens with one attached hydrogen (secondary N) is 1. The SMILES string of the molecule is CC(C)n1nnnc1COc1ccc(C(=O)Nc2ccccc2Br)cc1. The number of aromatic nitrogens is 4. The molecular weight excluding hydrogens is 398 g/mol. The summed E-state index contributed by atoms with van der Waals surface area (Å²) in [5, 5.41) is 14.4. The van der Waals surface area contributed by atoms with Gasteiger partial charge < -0.3 is 10.1 Å². The van der Waals surface area contributed by atoms with E-state index in [-0.39, 0.29) is 18.6 Å². The van der Waals surface area contributed by atoms with Gasteiger partial charge in [-0.1, -0.05) is 12.1 Å². The first kappa shape index (κ1) is 18.1. The lowest BCUT2D eigenvalue weighted by molar-refractivity contribution is 0.102. The van der Waals surface area contributed by atoms with Crippen molar-refractivity contribution in [3.63, 3.8) is 0 Å². The number of carbonyl (C=O) groups excluding carboxylic acids is 1. The van der Waals surface area contributed by atoms with Gasteiger partial charge in [-0.25, -0.2) is 4.68 Å². The van der Waals surface area contributed by atoms with E-state index in [1.807, 2.05) is 38.1 Å². The topological polar surface area (TPSA) is 81.9 Å². The maximum absolute atomic E-state index is 12.3. The van der Waals surface area contributed by atoms with Gasteiger partial charge in [0.2, 0.25) is 0 Å². The fourth-order valence-corrected chi connectivity index (χ4v) is 2.70. The van der Waals surface area contributed by atoms with E-state index >= 15 is 0 Å². The number of carbonyl (C=O) groups is 1. The highest BCUT2D eigenvalue weighted by atomic mass is 79.9. The lowest BCUT2D eigenvalue weighted by atomic mass is 10.2. The summed E-state index contributed by atoms with van der Waals surface area (Å²) in [5.41, 5.74) is 1.26. The molecule has 0 aliphatic heterocycles. The van der Waals surface area contributed by atoms with Crippen LogP contribution < -0.4 is 10.1 Å². The Morgan fingerprint density at radius 3 is 2.62 bits per heavy atom. The van der Waals surface area contributed by atoms with Crippen LogP contribution in [0.4, 0.5) is 5.69 Å². The molecule has 0 saturated carbocycles. The van der Waals surface area contributed by atoms with Crippen molar-refractivity contribution < 1.29 is 9.53 Å². The van der Waals surface area contributed by atoms with Gasteiger partial charge in [-0.3, -0.25) is 4.79 Å². The third kappa shape index (κ3) is 4.26. The minimum atomic E-state index is -0.188. The molecule has 1 aromatic heterocycles. The Kier molecular flexibility index (Phi) is 5.62. The van der Waals surface area contributed by atoms with Crippen LogP contribution in [-0.4, -0.2) is 26.1 Å². The maximum atomic E-state index is 12.3. The van der Waals surface area contributed by atoms with Crippen LogP contribution in [0.15, 0.2) is 53.0 Å². The molecule has 0 bridgehead atoms. The first-order valence-electron chi connectivity index (χ1n) is 8.10. The van der Waals surface area contributed by atoms with Crippen molar-refractivity contribution in [2.45, 2.75) is 26.5 Å². The molecular formula is C18H18BrN5O2. The normalized spacial score (nSPS) is 10.8. The third-order valence-corrected chi connectivity index (χ3v) is 4.35. The molecule has 0 unspecified atom stereocenters. The molecule has 8 heteroatoms. The number of rotatable bonds is 6. The highest BCUT2D eigenvalue weighted by Crippen LogP contribution is 2.22. The first-order chi connectivity index (χ1) is 12.5. The van der Waals surface area contributed by atoms with Crippen molar-refractivity contribution in [2.75, 3.05) is 5.32 Å². The molecule has 7 nitrogen and oxygen atoms in total. The Balaban J connectivity index is 1.62. The number of anilines is 1. The molecule has 26 heavy (non-hydrogen) atoms. The van der Waals surface area contributed by atoms with Crippen LogP contribution in [0.1, 0.15) is 36.1 Å². The summed E-state index contributed by atoms with van der Waals surface area (Å²) >= 11 is 3.41. The Bertz CT molecular complexity index is 893. The number of halogens is 1. The summed E-state index contributed by atoms with van der Waals surface area (Å²) in [6.45, 7) is 4.25. The second-order valence-corrected chi connectivity index (χ2v) is 6.73. The van der Waals surface area contributed by atoms with Gasteiger partial charge in [-0.2, -0.15) is 0 Å². The van der Waals surface area contributed by atoms with Crippen LogP contribution in [0, 0.1) is 0 Å². The molecule has 0 aliphatic rings. The molecule has 3 rings (SSSR count). The van der Waals surface area contributed by atoms with E-state index in [1.54, 1.807) is 28.9 Å². The maximum Gasteiger partial charge on any atom is 0.255 e. The predicted octanol–water partition coefficient (Wildman–Crippen LogP) is 3.85. The lowest BCUT2D eigenvalue weighted by Crippen LogP contribution is -2.12. The van der Waals surface area contributed by atoms with Crippen LogP contribution in [0.3, 0.4) is 0 Å². The van der Waals surface area contributed by atoms with Crippen molar-refractivity contribution in [3.8, 4) is 5.75 Å². The highest BCUT2D eigenvalue weighted by Gasteiger charge is 2.11. The van der Waals surface area contributed by atoms with E-state index in [2.05, 4.69) is 36.8 Å². The van der Waals surface area contributed by atoms with Crippen LogP contribution in [0.5, 0.6) is 5.75 Å². The zero-order valence-electron chi connectivity index (χ0n) is 14.4. The van der Waals surface area contributed by atoms with E-state index in [0.717, 1.165) is 10.2 Å². The molecule has 134 valence electrons. The Morgan fingerprint density at radius 1 is 1.19 bits per heavy atom. The number of ether oxygens (including phenoxy) is 1. The van der Waals surface area contributed by atoms with Crippen molar-refractivity contribution >= 4 is 27.5 Å². The number of hydrogen-bond acceptors (Lipinski definition) is 5. The molecule has 0 radical (unpaired) electrons. The van der Waals surface area contributed by atoms with Crippen molar-refractivity contribution in [1.82, 2.24) is 20.2 Å². The number of amides is 1. The molecule has 0 atom stereocenters. The number of para-hydroxylation sites is 1. The zero-order valence-corrected chi connectivity index (χ0v) is 16.0. The standard InChI is InChI=1S/C18H18BrN5O2/c1-12(2)24-17(21-22-23-24)11-26-14-9-7-13(8-10-14)18(25)20-16-6-4-3-5-15(16)19/h3-10,12H,11H2,1-2H3,(H,20,25). The average Bonchev–Trinajstić information content (AvgIpc) is 3.11. The second-order valence-electron chi connectivity index (χ2n) is 5.88. The minimum absolute atomic E-state index is 0.159. The van der Waals surface area contributed by atoms with Gasteiger partial charge in [0.15, 0.2) is 5.82 Å². The molecule has 1 N–H and O–H groups in total. The fourth-order valence-electron chi connectivity index (χ4n) is 2.32. The largest absolute Gasteiger partial charge is 0.486 e. The summed E-state index contributed by atoms with van der Waals surface area (Å²) in [6.07, 6.45) is 0. The number of hydrogen-bond donors (Lipinski definition) is 1. The number of benzene rings is 2. The molecule has 0 fully saturated rings. The summed E-state index contributed by atoms with van der Waals surface area (Å²) in [7, 11) is 0. The quantitative estimate of drug-likeness (QED) is 0.660. The van der Waals surface area contributed by atoms with Crippen molar-refractivity contribution in [1.29, 1.82) is 0 Å². The van der Waals surface area contributed by atoms with Gasteiger partial charge >= 0.3 is 0 Å². The molecule has 0 spiro atoms. The van der Waals surface area contributed by atoms with Gasteiger partial charge in [0.1, 0.15) is 12.4 Å². The summed E-state index contributed by atoms with van der Waals surface area (Å²) in [6, 6.07) is 14.5. The van der Waals surface area contributed by atoms with E-state index in [0.29, 0.717) is 17.1 Å². The van der Waals surface area contributed by atoms with Gasteiger partial charge in [-0.05, 0) is 76.6 Å². The molecule has 1 amide bonds. The molecule has 1 heterocycles. The summed E-state index contributed by atoms with van der Waals surface area (Å²) < 4.78 is 8.25. The Hall–Kier alpha value is -2.74. The van der Waals surface area contributed by atoms with Gasteiger partial charge in [0, 0.05) is 10.0 Å². The Labute approximate surface area is 159 Å². The second kappa shape index (κ2) is 8.09. The number of nitrogens with zero attached hydrogens (tertiary/aromatic N) is 4. The smallest absolute Gasteiger partial charge is 0.255 e. The van der Waals surface area contributed by atoms with Crippen LogP contribution in [-0.2, 0) is 6.61 Å². The van der Waals surface area contributed by atoms with Gasteiger partial charge in [-0.15, -0.1) is 5.10 Å². The van der Waals surface area contributed by atoms with Crippen molar-refractivity contribution in [3.05, 3.63) is 64.4 Å². The monoisotopic (exact) mass is 415 g/mol. The fraction of sp³-hybridized carbons (Fsp3) is 0.222. The van der Waals surface area contributed by atoms with Gasteiger partial charge in [0.05, 0.1) is 11.7 Å². The van der Waals surface area contributed by atoms with Crippen molar-refractivity contribution in [2.24, 2.45) is 0 Å². The predicted molar refractivity (Wildman–Crippen MR) is 101 cm³/mol. The van der Waals surface area contributed by atoms with Crippen LogP contribution in [0.2, 0.25) is 0 Å². The van der Waals surface area contributed by atoms with E-state index < -0.39 is 0 Å². The van der Waals surface area contributed by atoms with E-state index in [1.165, 1.54) is 0 Å². The highest BCUT2D eigenvalue weighted by molar-refractivity contribution is 9.10. The molecule has 0 saturated heterocycles.